The van der Waals surface area contributed by atoms with E-state index in [2.05, 4.69) is 19.2 Å². The highest BCUT2D eigenvalue weighted by Crippen LogP contribution is 2.16. The normalized spacial score (nSPS) is 14.1. The molecule has 0 aromatic carbocycles. The summed E-state index contributed by atoms with van der Waals surface area (Å²) in [5.74, 6) is 0.737. The van der Waals surface area contributed by atoms with Gasteiger partial charge in [0.1, 0.15) is 0 Å². The molecular formula is C15H32N2O2. The van der Waals surface area contributed by atoms with E-state index in [0.29, 0.717) is 25.5 Å². The maximum atomic E-state index is 11.9. The highest BCUT2D eigenvalue weighted by molar-refractivity contribution is 5.76. The molecule has 0 saturated carbocycles. The highest BCUT2D eigenvalue weighted by atomic mass is 16.5. The average Bonchev–Trinajstić information content (AvgIpc) is 2.37. The van der Waals surface area contributed by atoms with Crippen molar-refractivity contribution in [3.63, 3.8) is 0 Å². The Morgan fingerprint density at radius 1 is 1.16 bits per heavy atom. The number of methoxy groups -OCH3 is 1. The summed E-state index contributed by atoms with van der Waals surface area (Å²) in [5.41, 5.74) is 5.61. The van der Waals surface area contributed by atoms with Gasteiger partial charge in [0.05, 0.1) is 12.6 Å². The Hall–Kier alpha value is -0.610. The lowest BCUT2D eigenvalue weighted by Crippen LogP contribution is -2.38. The summed E-state index contributed by atoms with van der Waals surface area (Å²) in [6, 6.07) is 0.154. The molecule has 4 nitrogen and oxygen atoms in total. The van der Waals surface area contributed by atoms with Crippen LogP contribution in [0.3, 0.4) is 0 Å². The Morgan fingerprint density at radius 3 is 2.37 bits per heavy atom. The van der Waals surface area contributed by atoms with Crippen molar-refractivity contribution in [2.45, 2.75) is 64.8 Å². The van der Waals surface area contributed by atoms with Crippen LogP contribution in [0.1, 0.15) is 58.8 Å². The van der Waals surface area contributed by atoms with Crippen LogP contribution in [0.15, 0.2) is 0 Å². The van der Waals surface area contributed by atoms with E-state index < -0.39 is 0 Å². The van der Waals surface area contributed by atoms with Crippen molar-refractivity contribution in [1.82, 2.24) is 5.32 Å². The second-order valence-corrected chi connectivity index (χ2v) is 5.28. The zero-order valence-corrected chi connectivity index (χ0v) is 12.9. The lowest BCUT2D eigenvalue weighted by molar-refractivity contribution is -0.122. The van der Waals surface area contributed by atoms with Crippen LogP contribution in [0.25, 0.3) is 0 Å². The van der Waals surface area contributed by atoms with Gasteiger partial charge < -0.3 is 15.8 Å². The van der Waals surface area contributed by atoms with Crippen molar-refractivity contribution in [2.24, 2.45) is 11.7 Å². The van der Waals surface area contributed by atoms with E-state index in [-0.39, 0.29) is 11.9 Å². The molecule has 2 atom stereocenters. The summed E-state index contributed by atoms with van der Waals surface area (Å²) < 4.78 is 5.13. The van der Waals surface area contributed by atoms with Crippen LogP contribution in [0, 0.1) is 5.92 Å². The standard InChI is InChI=1S/C15H32N2O2/c1-4-6-13(10-11-16)8-9-15(18)17-14(7-5-2)12-19-3/h13-14H,4-12,16H2,1-3H3,(H,17,18). The number of rotatable bonds is 12. The summed E-state index contributed by atoms with van der Waals surface area (Å²) in [6.07, 6.45) is 6.94. The molecule has 0 radical (unpaired) electrons. The van der Waals surface area contributed by atoms with Gasteiger partial charge in [-0.2, -0.15) is 0 Å². The maximum absolute atomic E-state index is 11.9. The highest BCUT2D eigenvalue weighted by Gasteiger charge is 2.13. The third kappa shape index (κ3) is 9.91. The third-order valence-corrected chi connectivity index (χ3v) is 3.42. The number of carbonyl (C=O) groups is 1. The molecule has 0 aliphatic heterocycles. The Balaban J connectivity index is 3.98. The molecule has 0 aliphatic rings. The van der Waals surface area contributed by atoms with Gasteiger partial charge in [-0.1, -0.05) is 33.1 Å². The number of carbonyl (C=O) groups excluding carboxylic acids is 1. The summed E-state index contributed by atoms with van der Waals surface area (Å²) in [5, 5.41) is 3.06. The number of hydrogen-bond donors (Lipinski definition) is 2. The number of ether oxygens (including phenoxy) is 1. The first-order valence-electron chi connectivity index (χ1n) is 7.66. The molecule has 0 aliphatic carbocycles. The number of hydrogen-bond acceptors (Lipinski definition) is 3. The molecular weight excluding hydrogens is 240 g/mol. The molecule has 114 valence electrons. The topological polar surface area (TPSA) is 64.4 Å². The van der Waals surface area contributed by atoms with E-state index in [1.54, 1.807) is 7.11 Å². The second kappa shape index (κ2) is 12.4. The van der Waals surface area contributed by atoms with Crippen molar-refractivity contribution < 1.29 is 9.53 Å². The van der Waals surface area contributed by atoms with Gasteiger partial charge in [0, 0.05) is 13.5 Å². The lowest BCUT2D eigenvalue weighted by Gasteiger charge is -2.19. The molecule has 0 saturated heterocycles. The van der Waals surface area contributed by atoms with E-state index in [0.717, 1.165) is 32.1 Å². The molecule has 0 rings (SSSR count). The molecule has 4 heteroatoms. The maximum Gasteiger partial charge on any atom is 0.220 e. The summed E-state index contributed by atoms with van der Waals surface area (Å²) >= 11 is 0. The van der Waals surface area contributed by atoms with Gasteiger partial charge in [0.2, 0.25) is 5.91 Å². The third-order valence-electron chi connectivity index (χ3n) is 3.42. The zero-order chi connectivity index (χ0) is 14.5. The molecule has 0 aromatic rings. The Labute approximate surface area is 118 Å². The fourth-order valence-corrected chi connectivity index (χ4v) is 2.46. The molecule has 0 bridgehead atoms. The fourth-order valence-electron chi connectivity index (χ4n) is 2.46. The van der Waals surface area contributed by atoms with E-state index in [9.17, 15) is 4.79 Å². The summed E-state index contributed by atoms with van der Waals surface area (Å²) in [4.78, 5) is 11.9. The van der Waals surface area contributed by atoms with Gasteiger partial charge >= 0.3 is 0 Å². The van der Waals surface area contributed by atoms with Crippen molar-refractivity contribution in [1.29, 1.82) is 0 Å². The Bertz CT molecular complexity index is 210. The number of amides is 1. The summed E-state index contributed by atoms with van der Waals surface area (Å²) in [6.45, 7) is 5.61. The fraction of sp³-hybridized carbons (Fsp3) is 0.933. The van der Waals surface area contributed by atoms with E-state index >= 15 is 0 Å². The second-order valence-electron chi connectivity index (χ2n) is 5.28. The monoisotopic (exact) mass is 272 g/mol. The smallest absolute Gasteiger partial charge is 0.220 e. The van der Waals surface area contributed by atoms with Crippen molar-refractivity contribution >= 4 is 5.91 Å². The predicted octanol–water partition coefficient (Wildman–Crippen LogP) is 2.46. The Morgan fingerprint density at radius 2 is 1.84 bits per heavy atom. The van der Waals surface area contributed by atoms with Gasteiger partial charge in [-0.15, -0.1) is 0 Å². The number of nitrogens with two attached hydrogens (primary N) is 1. The molecule has 19 heavy (non-hydrogen) atoms. The van der Waals surface area contributed by atoms with E-state index in [1.807, 2.05) is 0 Å². The van der Waals surface area contributed by atoms with E-state index in [4.69, 9.17) is 10.5 Å². The molecule has 1 amide bonds. The molecule has 0 aromatic heterocycles. The lowest BCUT2D eigenvalue weighted by atomic mass is 9.94. The first-order valence-corrected chi connectivity index (χ1v) is 7.66. The molecule has 0 heterocycles. The van der Waals surface area contributed by atoms with Gasteiger partial charge in [-0.25, -0.2) is 0 Å². The van der Waals surface area contributed by atoms with E-state index in [1.165, 1.54) is 6.42 Å². The number of nitrogens with one attached hydrogen (secondary N) is 1. The van der Waals surface area contributed by atoms with Crippen LogP contribution in [-0.4, -0.2) is 32.2 Å². The average molecular weight is 272 g/mol. The van der Waals surface area contributed by atoms with Crippen LogP contribution >= 0.6 is 0 Å². The van der Waals surface area contributed by atoms with Crippen LogP contribution in [0.5, 0.6) is 0 Å². The quantitative estimate of drug-likeness (QED) is 0.573. The summed E-state index contributed by atoms with van der Waals surface area (Å²) in [7, 11) is 1.67. The SMILES string of the molecule is CCCC(CCN)CCC(=O)NC(CCC)COC. The minimum Gasteiger partial charge on any atom is -0.383 e. The van der Waals surface area contributed by atoms with Gasteiger partial charge in [-0.05, 0) is 31.7 Å². The van der Waals surface area contributed by atoms with Crippen molar-refractivity contribution in [3.05, 3.63) is 0 Å². The molecule has 0 spiro atoms. The zero-order valence-electron chi connectivity index (χ0n) is 12.9. The molecule has 0 fully saturated rings. The van der Waals surface area contributed by atoms with Crippen LogP contribution in [0.2, 0.25) is 0 Å². The van der Waals surface area contributed by atoms with Crippen LogP contribution in [0.4, 0.5) is 0 Å². The minimum atomic E-state index is 0.147. The van der Waals surface area contributed by atoms with Gasteiger partial charge in [-0.3, -0.25) is 4.79 Å². The Kier molecular flexibility index (Phi) is 12.0. The molecule has 2 unspecified atom stereocenters. The molecule has 3 N–H and O–H groups in total. The van der Waals surface area contributed by atoms with Crippen LogP contribution in [-0.2, 0) is 9.53 Å². The predicted molar refractivity (Wildman–Crippen MR) is 80.0 cm³/mol. The largest absolute Gasteiger partial charge is 0.383 e. The van der Waals surface area contributed by atoms with Crippen LogP contribution < -0.4 is 11.1 Å². The minimum absolute atomic E-state index is 0.147. The van der Waals surface area contributed by atoms with Gasteiger partial charge in [0.25, 0.3) is 0 Å². The first-order chi connectivity index (χ1) is 9.17. The van der Waals surface area contributed by atoms with Crippen molar-refractivity contribution in [3.8, 4) is 0 Å². The first kappa shape index (κ1) is 18.4. The van der Waals surface area contributed by atoms with Gasteiger partial charge in [0.15, 0.2) is 0 Å². The van der Waals surface area contributed by atoms with Crippen molar-refractivity contribution in [2.75, 3.05) is 20.3 Å².